The van der Waals surface area contributed by atoms with E-state index in [9.17, 15) is 9.90 Å². The van der Waals surface area contributed by atoms with E-state index >= 15 is 0 Å². The molecule has 0 unspecified atom stereocenters. The number of aromatic nitrogens is 2. The molecule has 1 aliphatic heterocycles. The molecule has 1 fully saturated rings. The van der Waals surface area contributed by atoms with Gasteiger partial charge in [0.1, 0.15) is 5.82 Å². The van der Waals surface area contributed by atoms with Gasteiger partial charge in [0.25, 0.3) is 5.91 Å². The standard InChI is InChI=1S/C20H25N3O3/c1-4-14-10-21-13(3)22-19(14)15-6-8-16(9-7-15)20(25)23(5-2)17-11-26-12-18(17)24/h6-10,17-18,24H,4-5,11-12H2,1-3H3/t17-,18-/m0/s1. The summed E-state index contributed by atoms with van der Waals surface area (Å²) in [4.78, 5) is 23.4. The first-order valence-electron chi connectivity index (χ1n) is 9.04. The fraction of sp³-hybridized carbons (Fsp3) is 0.450. The monoisotopic (exact) mass is 355 g/mol. The van der Waals surface area contributed by atoms with Crippen LogP contribution in [0.2, 0.25) is 0 Å². The van der Waals surface area contributed by atoms with Crippen LogP contribution in [0.4, 0.5) is 0 Å². The Kier molecular flexibility index (Phi) is 5.64. The number of aliphatic hydroxyl groups excluding tert-OH is 1. The molecule has 6 heteroatoms. The van der Waals surface area contributed by atoms with E-state index in [2.05, 4.69) is 16.9 Å². The lowest BCUT2D eigenvalue weighted by Gasteiger charge is -2.28. The molecule has 138 valence electrons. The van der Waals surface area contributed by atoms with Gasteiger partial charge in [-0.25, -0.2) is 9.97 Å². The average molecular weight is 355 g/mol. The van der Waals surface area contributed by atoms with Crippen molar-refractivity contribution in [1.82, 2.24) is 14.9 Å². The van der Waals surface area contributed by atoms with Gasteiger partial charge in [0, 0.05) is 23.9 Å². The number of amides is 1. The molecule has 26 heavy (non-hydrogen) atoms. The van der Waals surface area contributed by atoms with Crippen LogP contribution in [0.25, 0.3) is 11.3 Å². The summed E-state index contributed by atoms with van der Waals surface area (Å²) in [6.07, 6.45) is 2.07. The predicted octanol–water partition coefficient (Wildman–Crippen LogP) is 2.24. The van der Waals surface area contributed by atoms with E-state index in [4.69, 9.17) is 4.74 Å². The first-order chi connectivity index (χ1) is 12.5. The number of aryl methyl sites for hydroxylation is 2. The van der Waals surface area contributed by atoms with Crippen molar-refractivity contribution in [2.75, 3.05) is 19.8 Å². The summed E-state index contributed by atoms with van der Waals surface area (Å²) in [5.41, 5.74) is 3.55. The summed E-state index contributed by atoms with van der Waals surface area (Å²) in [5.74, 6) is 0.632. The predicted molar refractivity (Wildman–Crippen MR) is 98.9 cm³/mol. The molecule has 0 spiro atoms. The first-order valence-corrected chi connectivity index (χ1v) is 9.04. The van der Waals surface area contributed by atoms with E-state index in [0.717, 1.165) is 29.1 Å². The number of likely N-dealkylation sites (N-methyl/N-ethyl adjacent to an activating group) is 1. The minimum Gasteiger partial charge on any atom is -0.388 e. The Hall–Kier alpha value is -2.31. The first kappa shape index (κ1) is 18.5. The molecular weight excluding hydrogens is 330 g/mol. The summed E-state index contributed by atoms with van der Waals surface area (Å²) in [5, 5.41) is 10.0. The molecule has 2 aromatic rings. The van der Waals surface area contributed by atoms with Gasteiger partial charge >= 0.3 is 0 Å². The zero-order chi connectivity index (χ0) is 18.7. The molecule has 0 radical (unpaired) electrons. The third-order valence-electron chi connectivity index (χ3n) is 4.79. The Morgan fingerprint density at radius 1 is 1.27 bits per heavy atom. The minimum atomic E-state index is -0.630. The highest BCUT2D eigenvalue weighted by molar-refractivity contribution is 5.95. The van der Waals surface area contributed by atoms with Crippen molar-refractivity contribution in [1.29, 1.82) is 0 Å². The van der Waals surface area contributed by atoms with Crippen molar-refractivity contribution >= 4 is 5.91 Å². The Morgan fingerprint density at radius 3 is 2.58 bits per heavy atom. The molecule has 2 heterocycles. The quantitative estimate of drug-likeness (QED) is 0.890. The molecule has 1 aromatic carbocycles. The van der Waals surface area contributed by atoms with Crippen LogP contribution >= 0.6 is 0 Å². The maximum atomic E-state index is 12.9. The highest BCUT2D eigenvalue weighted by atomic mass is 16.5. The van der Waals surface area contributed by atoms with Crippen molar-refractivity contribution in [2.24, 2.45) is 0 Å². The minimum absolute atomic E-state index is 0.0943. The van der Waals surface area contributed by atoms with Gasteiger partial charge in [-0.15, -0.1) is 0 Å². The number of hydrogen-bond donors (Lipinski definition) is 1. The Bertz CT molecular complexity index is 776. The van der Waals surface area contributed by atoms with Gasteiger partial charge in [0.15, 0.2) is 0 Å². The Morgan fingerprint density at radius 2 is 2.00 bits per heavy atom. The highest BCUT2D eigenvalue weighted by Gasteiger charge is 2.34. The van der Waals surface area contributed by atoms with Crippen LogP contribution in [0, 0.1) is 6.92 Å². The Labute approximate surface area is 153 Å². The molecule has 2 atom stereocenters. The van der Waals surface area contributed by atoms with E-state index in [1.807, 2.05) is 44.3 Å². The van der Waals surface area contributed by atoms with Crippen LogP contribution in [-0.2, 0) is 11.2 Å². The fourth-order valence-corrected chi connectivity index (χ4v) is 3.30. The zero-order valence-electron chi connectivity index (χ0n) is 15.5. The van der Waals surface area contributed by atoms with Crippen LogP contribution in [0.15, 0.2) is 30.5 Å². The lowest BCUT2D eigenvalue weighted by Crippen LogP contribution is -2.46. The molecule has 0 aliphatic carbocycles. The lowest BCUT2D eigenvalue weighted by molar-refractivity contribution is 0.0520. The molecule has 6 nitrogen and oxygen atoms in total. The van der Waals surface area contributed by atoms with Crippen molar-refractivity contribution in [3.63, 3.8) is 0 Å². The van der Waals surface area contributed by atoms with Gasteiger partial charge in [-0.3, -0.25) is 4.79 Å². The molecule has 0 bridgehead atoms. The second-order valence-electron chi connectivity index (χ2n) is 6.49. The van der Waals surface area contributed by atoms with Crippen LogP contribution in [-0.4, -0.2) is 57.8 Å². The van der Waals surface area contributed by atoms with Crippen LogP contribution in [0.1, 0.15) is 35.6 Å². The summed E-state index contributed by atoms with van der Waals surface area (Å²) in [6, 6.07) is 7.19. The van der Waals surface area contributed by atoms with Crippen molar-refractivity contribution < 1.29 is 14.6 Å². The molecule has 1 N–H and O–H groups in total. The number of carbonyl (C=O) groups excluding carboxylic acids is 1. The lowest BCUT2D eigenvalue weighted by atomic mass is 10.0. The smallest absolute Gasteiger partial charge is 0.254 e. The van der Waals surface area contributed by atoms with Gasteiger partial charge in [0.2, 0.25) is 0 Å². The zero-order valence-corrected chi connectivity index (χ0v) is 15.5. The number of ether oxygens (including phenoxy) is 1. The van der Waals surface area contributed by atoms with Gasteiger partial charge in [-0.2, -0.15) is 0 Å². The number of carbonyl (C=O) groups is 1. The summed E-state index contributed by atoms with van der Waals surface area (Å²) < 4.78 is 5.29. The number of nitrogens with zero attached hydrogens (tertiary/aromatic N) is 3. The molecule has 1 aromatic heterocycles. The number of aliphatic hydroxyl groups is 1. The maximum Gasteiger partial charge on any atom is 0.254 e. The van der Waals surface area contributed by atoms with Crippen LogP contribution in [0.3, 0.4) is 0 Å². The molecule has 3 rings (SSSR count). The van der Waals surface area contributed by atoms with Crippen LogP contribution in [0.5, 0.6) is 0 Å². The summed E-state index contributed by atoms with van der Waals surface area (Å²) in [6.45, 7) is 7.03. The third kappa shape index (κ3) is 3.61. The molecule has 0 saturated carbocycles. The van der Waals surface area contributed by atoms with E-state index in [-0.39, 0.29) is 18.6 Å². The number of rotatable bonds is 5. The van der Waals surface area contributed by atoms with Crippen molar-refractivity contribution in [2.45, 2.75) is 39.3 Å². The third-order valence-corrected chi connectivity index (χ3v) is 4.79. The summed E-state index contributed by atoms with van der Waals surface area (Å²) in [7, 11) is 0. The topological polar surface area (TPSA) is 75.6 Å². The van der Waals surface area contributed by atoms with Gasteiger partial charge in [0.05, 0.1) is 31.1 Å². The van der Waals surface area contributed by atoms with Crippen molar-refractivity contribution in [3.8, 4) is 11.3 Å². The Balaban J connectivity index is 1.85. The van der Waals surface area contributed by atoms with Crippen molar-refractivity contribution in [3.05, 3.63) is 47.4 Å². The second kappa shape index (κ2) is 7.93. The number of hydrogen-bond acceptors (Lipinski definition) is 5. The maximum absolute atomic E-state index is 12.9. The van der Waals surface area contributed by atoms with E-state index < -0.39 is 6.10 Å². The highest BCUT2D eigenvalue weighted by Crippen LogP contribution is 2.23. The molecule has 1 aliphatic rings. The molecule has 1 amide bonds. The largest absolute Gasteiger partial charge is 0.388 e. The normalized spacial score (nSPS) is 19.5. The second-order valence-corrected chi connectivity index (χ2v) is 6.49. The molecular formula is C20H25N3O3. The number of benzene rings is 1. The molecule has 1 saturated heterocycles. The van der Waals surface area contributed by atoms with Gasteiger partial charge in [-0.05, 0) is 38.0 Å². The van der Waals surface area contributed by atoms with E-state index in [0.29, 0.717) is 18.7 Å². The van der Waals surface area contributed by atoms with Gasteiger partial charge in [-0.1, -0.05) is 19.1 Å². The average Bonchev–Trinajstić information content (AvgIpc) is 3.08. The SMILES string of the molecule is CCc1cnc(C)nc1-c1ccc(C(=O)N(CC)[C@H]2COC[C@@H]2O)cc1. The van der Waals surface area contributed by atoms with E-state index in [1.165, 1.54) is 0 Å². The van der Waals surface area contributed by atoms with E-state index in [1.54, 1.807) is 4.90 Å². The van der Waals surface area contributed by atoms with Gasteiger partial charge < -0.3 is 14.7 Å². The fourth-order valence-electron chi connectivity index (χ4n) is 3.30. The van der Waals surface area contributed by atoms with Crippen LogP contribution < -0.4 is 0 Å². The summed E-state index contributed by atoms with van der Waals surface area (Å²) >= 11 is 0.